The highest BCUT2D eigenvalue weighted by Gasteiger charge is 2.42. The molecule has 1 N–H and O–H groups in total. The molecule has 1 aromatic rings. The molecular formula is C20H30O5. The number of carbonyl (C=O) groups excluding carboxylic acids is 2. The maximum absolute atomic E-state index is 12.6. The Labute approximate surface area is 150 Å². The summed E-state index contributed by atoms with van der Waals surface area (Å²) in [7, 11) is 0. The van der Waals surface area contributed by atoms with Gasteiger partial charge in [0.15, 0.2) is 0 Å². The van der Waals surface area contributed by atoms with Gasteiger partial charge in [-0.05, 0) is 39.2 Å². The van der Waals surface area contributed by atoms with E-state index in [2.05, 4.69) is 0 Å². The van der Waals surface area contributed by atoms with Crippen LogP contribution in [0.3, 0.4) is 0 Å². The lowest BCUT2D eigenvalue weighted by Crippen LogP contribution is -2.39. The smallest absolute Gasteiger partial charge is 0.311 e. The predicted octanol–water partition coefficient (Wildman–Crippen LogP) is 3.14. The van der Waals surface area contributed by atoms with Crippen LogP contribution in [0.2, 0.25) is 0 Å². The third-order valence-corrected chi connectivity index (χ3v) is 4.45. The molecule has 0 fully saturated rings. The van der Waals surface area contributed by atoms with Crippen molar-refractivity contribution < 1.29 is 24.2 Å². The van der Waals surface area contributed by atoms with Gasteiger partial charge in [0.25, 0.3) is 0 Å². The van der Waals surface area contributed by atoms with Gasteiger partial charge in [0, 0.05) is 6.42 Å². The van der Waals surface area contributed by atoms with Crippen LogP contribution < -0.4 is 0 Å². The van der Waals surface area contributed by atoms with Crippen LogP contribution in [0.5, 0.6) is 0 Å². The van der Waals surface area contributed by atoms with Crippen LogP contribution in [0.4, 0.5) is 0 Å². The van der Waals surface area contributed by atoms with Crippen molar-refractivity contribution in [3.8, 4) is 0 Å². The molecule has 5 heteroatoms. The third kappa shape index (κ3) is 6.50. The number of esters is 2. The molecule has 0 saturated heterocycles. The van der Waals surface area contributed by atoms with Crippen LogP contribution in [0.15, 0.2) is 30.3 Å². The minimum atomic E-state index is -0.835. The fourth-order valence-corrected chi connectivity index (χ4v) is 2.80. The van der Waals surface area contributed by atoms with Crippen molar-refractivity contribution in [3.63, 3.8) is 0 Å². The average Bonchev–Trinajstić information content (AvgIpc) is 2.59. The maximum Gasteiger partial charge on any atom is 0.311 e. The SMILES string of the molecule is CCC(C)(CC(C)(C)C(=O)OCCO)C(=O)OCCc1ccccc1. The molecule has 1 rings (SSSR count). The van der Waals surface area contributed by atoms with Crippen LogP contribution in [0, 0.1) is 10.8 Å². The van der Waals surface area contributed by atoms with Gasteiger partial charge >= 0.3 is 11.9 Å². The lowest BCUT2D eigenvalue weighted by molar-refractivity contribution is -0.163. The molecule has 0 bridgehead atoms. The van der Waals surface area contributed by atoms with Crippen LogP contribution in [-0.4, -0.2) is 36.9 Å². The Kier molecular flexibility index (Phi) is 8.10. The Morgan fingerprint density at radius 1 is 1.00 bits per heavy atom. The number of hydrogen-bond donors (Lipinski definition) is 1. The number of carbonyl (C=O) groups is 2. The van der Waals surface area contributed by atoms with Crippen molar-refractivity contribution in [3.05, 3.63) is 35.9 Å². The standard InChI is InChI=1S/C20H30O5/c1-5-20(4,15-19(2,3)17(22)25-14-12-21)18(23)24-13-11-16-9-7-6-8-10-16/h6-10,21H,5,11-15H2,1-4H3. The molecule has 0 saturated carbocycles. The lowest BCUT2D eigenvalue weighted by Gasteiger charge is -2.33. The van der Waals surface area contributed by atoms with Crippen molar-refractivity contribution in [2.45, 2.75) is 47.0 Å². The third-order valence-electron chi connectivity index (χ3n) is 4.45. The zero-order chi connectivity index (χ0) is 18.9. The Morgan fingerprint density at radius 2 is 1.60 bits per heavy atom. The van der Waals surface area contributed by atoms with Gasteiger partial charge in [-0.15, -0.1) is 0 Å². The van der Waals surface area contributed by atoms with Gasteiger partial charge in [-0.1, -0.05) is 37.3 Å². The Morgan fingerprint density at radius 3 is 2.16 bits per heavy atom. The first-order valence-electron chi connectivity index (χ1n) is 8.74. The second-order valence-corrected chi connectivity index (χ2v) is 7.21. The molecule has 0 aliphatic heterocycles. The summed E-state index contributed by atoms with van der Waals surface area (Å²) in [5.41, 5.74) is -0.488. The molecule has 0 aromatic heterocycles. The number of rotatable bonds is 10. The maximum atomic E-state index is 12.6. The molecule has 1 aromatic carbocycles. The summed E-state index contributed by atoms with van der Waals surface area (Å²) < 4.78 is 10.5. The van der Waals surface area contributed by atoms with Gasteiger partial charge in [-0.3, -0.25) is 9.59 Å². The summed E-state index contributed by atoms with van der Waals surface area (Å²) in [5.74, 6) is -0.715. The fourth-order valence-electron chi connectivity index (χ4n) is 2.80. The van der Waals surface area contributed by atoms with Crippen LogP contribution in [0.1, 0.15) is 46.1 Å². The molecule has 0 radical (unpaired) electrons. The first-order valence-corrected chi connectivity index (χ1v) is 8.74. The van der Waals surface area contributed by atoms with Gasteiger partial charge < -0.3 is 14.6 Å². The number of aliphatic hydroxyl groups is 1. The minimum Gasteiger partial charge on any atom is -0.465 e. The van der Waals surface area contributed by atoms with E-state index in [1.54, 1.807) is 13.8 Å². The number of aliphatic hydroxyl groups excluding tert-OH is 1. The van der Waals surface area contributed by atoms with Crippen molar-refractivity contribution in [1.29, 1.82) is 0 Å². The molecular weight excluding hydrogens is 320 g/mol. The van der Waals surface area contributed by atoms with Crippen molar-refractivity contribution in [1.82, 2.24) is 0 Å². The van der Waals surface area contributed by atoms with Crippen LogP contribution >= 0.6 is 0 Å². The summed E-state index contributed by atoms with van der Waals surface area (Å²) in [6.07, 6.45) is 1.55. The Bertz CT molecular complexity index is 552. The average molecular weight is 350 g/mol. The second-order valence-electron chi connectivity index (χ2n) is 7.21. The molecule has 140 valence electrons. The number of benzene rings is 1. The summed E-state index contributed by atoms with van der Waals surface area (Å²) in [5, 5.41) is 8.79. The van der Waals surface area contributed by atoms with Crippen molar-refractivity contribution >= 4 is 11.9 Å². The van der Waals surface area contributed by atoms with Crippen LogP contribution in [-0.2, 0) is 25.5 Å². The van der Waals surface area contributed by atoms with Gasteiger partial charge in [0.05, 0.1) is 24.0 Å². The van der Waals surface area contributed by atoms with E-state index in [9.17, 15) is 9.59 Å². The summed E-state index contributed by atoms with van der Waals surface area (Å²) in [6.45, 7) is 7.29. The highest BCUT2D eigenvalue weighted by molar-refractivity contribution is 5.80. The van der Waals surface area contributed by atoms with E-state index in [0.717, 1.165) is 5.56 Å². The highest BCUT2D eigenvalue weighted by atomic mass is 16.5. The Balaban J connectivity index is 2.63. The van der Waals surface area contributed by atoms with E-state index >= 15 is 0 Å². The normalized spacial score (nSPS) is 13.8. The minimum absolute atomic E-state index is 0.0351. The van der Waals surface area contributed by atoms with E-state index in [-0.39, 0.29) is 19.2 Å². The van der Waals surface area contributed by atoms with E-state index in [0.29, 0.717) is 25.9 Å². The van der Waals surface area contributed by atoms with E-state index in [1.807, 2.05) is 44.2 Å². The summed E-state index contributed by atoms with van der Waals surface area (Å²) in [6, 6.07) is 9.84. The van der Waals surface area contributed by atoms with Crippen molar-refractivity contribution in [2.24, 2.45) is 10.8 Å². The molecule has 1 atom stereocenters. The van der Waals surface area contributed by atoms with Crippen LogP contribution in [0.25, 0.3) is 0 Å². The molecule has 0 aliphatic rings. The predicted molar refractivity (Wildman–Crippen MR) is 95.9 cm³/mol. The summed E-state index contributed by atoms with van der Waals surface area (Å²) in [4.78, 5) is 24.7. The van der Waals surface area contributed by atoms with Gasteiger partial charge in [0.1, 0.15) is 6.61 Å². The largest absolute Gasteiger partial charge is 0.465 e. The highest BCUT2D eigenvalue weighted by Crippen LogP contribution is 2.38. The molecule has 0 heterocycles. The van der Waals surface area contributed by atoms with Crippen molar-refractivity contribution in [2.75, 3.05) is 19.8 Å². The topological polar surface area (TPSA) is 72.8 Å². The van der Waals surface area contributed by atoms with Gasteiger partial charge in [-0.25, -0.2) is 0 Å². The monoisotopic (exact) mass is 350 g/mol. The zero-order valence-electron chi connectivity index (χ0n) is 15.7. The number of ether oxygens (including phenoxy) is 2. The summed E-state index contributed by atoms with van der Waals surface area (Å²) >= 11 is 0. The number of hydrogen-bond acceptors (Lipinski definition) is 5. The van der Waals surface area contributed by atoms with Gasteiger partial charge in [-0.2, -0.15) is 0 Å². The molecule has 0 spiro atoms. The van der Waals surface area contributed by atoms with Gasteiger partial charge in [0.2, 0.25) is 0 Å². The first kappa shape index (κ1) is 21.2. The molecule has 1 unspecified atom stereocenters. The molecule has 0 amide bonds. The second kappa shape index (κ2) is 9.56. The Hall–Kier alpha value is -1.88. The van der Waals surface area contributed by atoms with E-state index in [1.165, 1.54) is 0 Å². The fraction of sp³-hybridized carbons (Fsp3) is 0.600. The first-order chi connectivity index (χ1) is 11.7. The zero-order valence-corrected chi connectivity index (χ0v) is 15.7. The quantitative estimate of drug-likeness (QED) is 0.656. The lowest BCUT2D eigenvalue weighted by atomic mass is 9.72. The molecule has 25 heavy (non-hydrogen) atoms. The van der Waals surface area contributed by atoms with E-state index < -0.39 is 16.8 Å². The molecule has 0 aliphatic carbocycles. The van der Waals surface area contributed by atoms with E-state index in [4.69, 9.17) is 14.6 Å². The molecule has 5 nitrogen and oxygen atoms in total.